The van der Waals surface area contributed by atoms with Crippen LogP contribution in [0, 0.1) is 5.82 Å². The number of nitrogens with two attached hydrogens (primary N) is 1. The summed E-state index contributed by atoms with van der Waals surface area (Å²) in [4.78, 5) is 0. The minimum atomic E-state index is -0.196. The summed E-state index contributed by atoms with van der Waals surface area (Å²) in [5.41, 5.74) is 6.65. The summed E-state index contributed by atoms with van der Waals surface area (Å²) in [5, 5.41) is 0. The molecule has 1 aromatic rings. The lowest BCUT2D eigenvalue weighted by atomic mass is 10.1. The molecule has 1 unspecified atom stereocenters. The van der Waals surface area contributed by atoms with E-state index in [1.165, 1.54) is 12.1 Å². The molecule has 0 fully saturated rings. The van der Waals surface area contributed by atoms with Crippen LogP contribution in [0.5, 0.6) is 0 Å². The maximum atomic E-state index is 12.4. The Balaban J connectivity index is 2.66. The maximum Gasteiger partial charge on any atom is 0.123 e. The number of hydrogen-bond acceptors (Lipinski definition) is 1. The standard InChI is InChI=1S/C9H12FN/c1-7(11)6-8-2-4-9(10)5-3-8/h2-5,7H,6,11H2,1H3/i10-1. The number of hydrogen-bond donors (Lipinski definition) is 1. The molecule has 2 heteroatoms. The third-order valence-corrected chi connectivity index (χ3v) is 1.47. The van der Waals surface area contributed by atoms with E-state index >= 15 is 0 Å². The molecule has 1 atom stereocenters. The zero-order valence-corrected chi connectivity index (χ0v) is 6.55. The van der Waals surface area contributed by atoms with Crippen molar-refractivity contribution in [2.24, 2.45) is 5.73 Å². The lowest BCUT2D eigenvalue weighted by Gasteiger charge is -2.03. The van der Waals surface area contributed by atoms with E-state index in [0.717, 1.165) is 12.0 Å². The van der Waals surface area contributed by atoms with Crippen molar-refractivity contribution < 1.29 is 4.39 Å². The fourth-order valence-electron chi connectivity index (χ4n) is 0.992. The van der Waals surface area contributed by atoms with Crippen molar-refractivity contribution in [2.75, 3.05) is 0 Å². The van der Waals surface area contributed by atoms with Gasteiger partial charge in [0.05, 0.1) is 0 Å². The van der Waals surface area contributed by atoms with Crippen molar-refractivity contribution in [2.45, 2.75) is 19.4 Å². The third-order valence-electron chi connectivity index (χ3n) is 1.47. The van der Waals surface area contributed by atoms with Gasteiger partial charge >= 0.3 is 0 Å². The summed E-state index contributed by atoms with van der Waals surface area (Å²) < 4.78 is 12.4. The summed E-state index contributed by atoms with van der Waals surface area (Å²) in [7, 11) is 0. The highest BCUT2D eigenvalue weighted by Gasteiger charge is 1.96. The zero-order valence-electron chi connectivity index (χ0n) is 6.55. The minimum Gasteiger partial charge on any atom is -0.328 e. The summed E-state index contributed by atoms with van der Waals surface area (Å²) >= 11 is 0. The van der Waals surface area contributed by atoms with Crippen LogP contribution in [0.1, 0.15) is 12.5 Å². The predicted molar refractivity (Wildman–Crippen MR) is 43.8 cm³/mol. The Morgan fingerprint density at radius 1 is 1.36 bits per heavy atom. The molecule has 2 N–H and O–H groups in total. The Morgan fingerprint density at radius 3 is 2.36 bits per heavy atom. The second kappa shape index (κ2) is 3.49. The van der Waals surface area contributed by atoms with Gasteiger partial charge < -0.3 is 5.73 Å². The summed E-state index contributed by atoms with van der Waals surface area (Å²) in [6.45, 7) is 1.93. The Labute approximate surface area is 66.0 Å². The molecule has 0 aliphatic heterocycles. The van der Waals surface area contributed by atoms with Gasteiger partial charge in [0.2, 0.25) is 0 Å². The van der Waals surface area contributed by atoms with Crippen molar-refractivity contribution >= 4 is 0 Å². The zero-order chi connectivity index (χ0) is 8.27. The van der Waals surface area contributed by atoms with Crippen LogP contribution in [0.15, 0.2) is 24.3 Å². The third kappa shape index (κ3) is 2.68. The van der Waals surface area contributed by atoms with Crippen LogP contribution < -0.4 is 5.73 Å². The predicted octanol–water partition coefficient (Wildman–Crippen LogP) is 1.72. The Hall–Kier alpha value is -0.890. The van der Waals surface area contributed by atoms with E-state index in [4.69, 9.17) is 5.73 Å². The molecular formula is C9H12FN. The van der Waals surface area contributed by atoms with Crippen molar-refractivity contribution in [1.29, 1.82) is 0 Å². The van der Waals surface area contributed by atoms with Gasteiger partial charge in [-0.05, 0) is 31.0 Å². The van der Waals surface area contributed by atoms with Gasteiger partial charge in [-0.15, -0.1) is 0 Å². The SMILES string of the molecule is CC(N)Cc1ccc([18F])cc1. The molecule has 0 radical (unpaired) electrons. The fourth-order valence-corrected chi connectivity index (χ4v) is 0.992. The second-order valence-electron chi connectivity index (χ2n) is 2.81. The van der Waals surface area contributed by atoms with Crippen LogP contribution in [-0.4, -0.2) is 6.04 Å². The average molecular weight is 152 g/mol. The van der Waals surface area contributed by atoms with Gasteiger partial charge in [-0.2, -0.15) is 0 Å². The van der Waals surface area contributed by atoms with E-state index in [1.807, 2.05) is 6.92 Å². The summed E-state index contributed by atoms with van der Waals surface area (Å²) in [6, 6.07) is 6.58. The van der Waals surface area contributed by atoms with Crippen LogP contribution in [0.2, 0.25) is 0 Å². The lowest BCUT2D eigenvalue weighted by Crippen LogP contribution is -2.17. The van der Waals surface area contributed by atoms with E-state index in [9.17, 15) is 4.39 Å². The van der Waals surface area contributed by atoms with Crippen molar-refractivity contribution in [1.82, 2.24) is 0 Å². The molecule has 1 aromatic carbocycles. The molecule has 60 valence electrons. The number of rotatable bonds is 2. The van der Waals surface area contributed by atoms with Gasteiger partial charge in [-0.3, -0.25) is 0 Å². The fraction of sp³-hybridized carbons (Fsp3) is 0.333. The van der Waals surface area contributed by atoms with Crippen molar-refractivity contribution in [3.63, 3.8) is 0 Å². The van der Waals surface area contributed by atoms with E-state index < -0.39 is 0 Å². The molecule has 0 bridgehead atoms. The molecule has 0 saturated carbocycles. The molecule has 0 heterocycles. The van der Waals surface area contributed by atoms with Crippen molar-refractivity contribution in [3.05, 3.63) is 35.6 Å². The molecule has 0 aromatic heterocycles. The molecule has 0 spiro atoms. The highest BCUT2D eigenvalue weighted by atomic mass is 18.2. The van der Waals surface area contributed by atoms with Crippen molar-refractivity contribution in [3.8, 4) is 0 Å². The van der Waals surface area contributed by atoms with Gasteiger partial charge in [0.1, 0.15) is 5.82 Å². The monoisotopic (exact) mass is 152 g/mol. The molecule has 11 heavy (non-hydrogen) atoms. The smallest absolute Gasteiger partial charge is 0.123 e. The first-order valence-corrected chi connectivity index (χ1v) is 3.68. The first-order chi connectivity index (χ1) is 5.18. The van der Waals surface area contributed by atoms with Gasteiger partial charge in [0.15, 0.2) is 0 Å². The van der Waals surface area contributed by atoms with Gasteiger partial charge in [0.25, 0.3) is 0 Å². The molecule has 0 aliphatic carbocycles. The van der Waals surface area contributed by atoms with E-state index in [2.05, 4.69) is 0 Å². The summed E-state index contributed by atoms with van der Waals surface area (Å²) in [5.74, 6) is -0.196. The maximum absolute atomic E-state index is 12.4. The quantitative estimate of drug-likeness (QED) is 0.686. The Bertz CT molecular complexity index is 216. The lowest BCUT2D eigenvalue weighted by molar-refractivity contribution is 0.626. The second-order valence-corrected chi connectivity index (χ2v) is 2.81. The molecule has 1 rings (SSSR count). The van der Waals surface area contributed by atoms with Crippen LogP contribution in [0.4, 0.5) is 4.39 Å². The molecule has 0 aliphatic rings. The van der Waals surface area contributed by atoms with E-state index in [1.54, 1.807) is 12.1 Å². The first-order valence-electron chi connectivity index (χ1n) is 3.68. The average Bonchev–Trinajstić information content (AvgIpc) is 1.93. The van der Waals surface area contributed by atoms with Gasteiger partial charge in [0, 0.05) is 6.04 Å². The normalized spacial score (nSPS) is 13.0. The molecule has 0 amide bonds. The van der Waals surface area contributed by atoms with Gasteiger partial charge in [-0.25, -0.2) is 4.39 Å². The van der Waals surface area contributed by atoms with Crippen LogP contribution in [0.3, 0.4) is 0 Å². The summed E-state index contributed by atoms with van der Waals surface area (Å²) in [6.07, 6.45) is 0.806. The van der Waals surface area contributed by atoms with E-state index in [-0.39, 0.29) is 11.9 Å². The van der Waals surface area contributed by atoms with Gasteiger partial charge in [-0.1, -0.05) is 12.1 Å². The number of halogens is 1. The molecule has 1 nitrogen and oxygen atoms in total. The molecular weight excluding hydrogens is 140 g/mol. The highest BCUT2D eigenvalue weighted by molar-refractivity contribution is 5.16. The number of benzene rings is 1. The van der Waals surface area contributed by atoms with Crippen LogP contribution in [0.25, 0.3) is 0 Å². The van der Waals surface area contributed by atoms with E-state index in [0.29, 0.717) is 0 Å². The first kappa shape index (κ1) is 8.21. The van der Waals surface area contributed by atoms with Crippen LogP contribution >= 0.6 is 0 Å². The van der Waals surface area contributed by atoms with Crippen LogP contribution in [-0.2, 0) is 6.42 Å². The topological polar surface area (TPSA) is 26.0 Å². The largest absolute Gasteiger partial charge is 0.328 e. The Morgan fingerprint density at radius 2 is 1.91 bits per heavy atom. The highest BCUT2D eigenvalue weighted by Crippen LogP contribution is 2.04. The minimum absolute atomic E-state index is 0.139. The Kier molecular flexibility index (Phi) is 2.60. The molecule has 0 saturated heterocycles.